The second-order valence-electron chi connectivity index (χ2n) is 6.38. The minimum atomic E-state index is 0.0180. The summed E-state index contributed by atoms with van der Waals surface area (Å²) in [5, 5.41) is 2.04. The molecule has 1 aliphatic heterocycles. The Labute approximate surface area is 168 Å². The molecule has 3 nitrogen and oxygen atoms in total. The molecule has 0 bridgehead atoms. The monoisotopic (exact) mass is 395 g/mol. The van der Waals surface area contributed by atoms with Gasteiger partial charge in [0.05, 0.1) is 6.42 Å². The molecular weight excluding hydrogens is 374 g/mol. The van der Waals surface area contributed by atoms with Crippen LogP contribution in [0.2, 0.25) is 0 Å². The van der Waals surface area contributed by atoms with Gasteiger partial charge in [-0.3, -0.25) is 4.79 Å². The number of carbonyl (C=O) groups excluding carboxylic acids is 1. The number of rotatable bonds is 6. The van der Waals surface area contributed by atoms with E-state index >= 15 is 0 Å². The summed E-state index contributed by atoms with van der Waals surface area (Å²) in [4.78, 5) is 16.0. The van der Waals surface area contributed by atoms with Crippen molar-refractivity contribution in [1.82, 2.24) is 4.90 Å². The quantitative estimate of drug-likeness (QED) is 0.578. The zero-order valence-electron chi connectivity index (χ0n) is 14.9. The third-order valence-corrected chi connectivity index (χ3v) is 6.66. The van der Waals surface area contributed by atoms with Crippen LogP contribution in [0.25, 0.3) is 0 Å². The summed E-state index contributed by atoms with van der Waals surface area (Å²) in [6.07, 6.45) is 0.474. The maximum atomic E-state index is 12.9. The third kappa shape index (κ3) is 4.37. The molecule has 0 aliphatic carbocycles. The van der Waals surface area contributed by atoms with Crippen LogP contribution < -0.4 is 4.74 Å². The molecule has 1 fully saturated rings. The van der Waals surface area contributed by atoms with Crippen LogP contribution in [0.5, 0.6) is 5.75 Å². The number of hydrogen-bond donors (Lipinski definition) is 0. The number of carbonyl (C=O) groups is 1. The second kappa shape index (κ2) is 8.63. The predicted octanol–water partition coefficient (Wildman–Crippen LogP) is 5.14. The Morgan fingerprint density at radius 2 is 1.85 bits per heavy atom. The van der Waals surface area contributed by atoms with Crippen molar-refractivity contribution < 1.29 is 9.53 Å². The first-order valence-electron chi connectivity index (χ1n) is 9.00. The van der Waals surface area contributed by atoms with Gasteiger partial charge >= 0.3 is 0 Å². The Bertz CT molecular complexity index is 880. The fourth-order valence-electron chi connectivity index (χ4n) is 3.20. The molecular formula is C22H21NO2S2. The zero-order chi connectivity index (χ0) is 18.5. The molecule has 1 atom stereocenters. The summed E-state index contributed by atoms with van der Waals surface area (Å²) in [6.45, 7) is 1.31. The molecule has 4 rings (SSSR count). The van der Waals surface area contributed by atoms with Crippen LogP contribution in [-0.4, -0.2) is 23.1 Å². The van der Waals surface area contributed by atoms with Gasteiger partial charge in [-0.05, 0) is 23.1 Å². The van der Waals surface area contributed by atoms with E-state index in [1.807, 2.05) is 70.6 Å². The minimum absolute atomic E-state index is 0.0180. The van der Waals surface area contributed by atoms with Crippen molar-refractivity contribution in [2.75, 3.05) is 12.3 Å². The largest absolute Gasteiger partial charge is 0.489 e. The lowest BCUT2D eigenvalue weighted by molar-refractivity contribution is -0.130. The Hall–Kier alpha value is -2.24. The Morgan fingerprint density at radius 3 is 2.67 bits per heavy atom. The van der Waals surface area contributed by atoms with E-state index in [4.69, 9.17) is 4.74 Å². The van der Waals surface area contributed by atoms with Gasteiger partial charge in [-0.15, -0.1) is 23.1 Å². The van der Waals surface area contributed by atoms with E-state index in [-0.39, 0.29) is 11.3 Å². The molecule has 5 heteroatoms. The van der Waals surface area contributed by atoms with Crippen molar-refractivity contribution in [3.63, 3.8) is 0 Å². The summed E-state index contributed by atoms with van der Waals surface area (Å²) in [5.41, 5.74) is 2.22. The lowest BCUT2D eigenvalue weighted by Gasteiger charge is -2.25. The first-order chi connectivity index (χ1) is 13.3. The first-order valence-corrected chi connectivity index (χ1v) is 10.9. The van der Waals surface area contributed by atoms with Gasteiger partial charge in [0.2, 0.25) is 5.91 Å². The fraction of sp³-hybridized carbons (Fsp3) is 0.227. The summed E-state index contributed by atoms with van der Waals surface area (Å²) >= 11 is 3.45. The van der Waals surface area contributed by atoms with Gasteiger partial charge in [0.1, 0.15) is 17.7 Å². The molecule has 27 heavy (non-hydrogen) atoms. The fourth-order valence-corrected chi connectivity index (χ4v) is 5.20. The molecule has 0 radical (unpaired) electrons. The van der Waals surface area contributed by atoms with Gasteiger partial charge in [0, 0.05) is 22.7 Å². The molecule has 1 aliphatic rings. The molecule has 2 heterocycles. The maximum absolute atomic E-state index is 12.9. The highest BCUT2D eigenvalue weighted by Gasteiger charge is 2.32. The van der Waals surface area contributed by atoms with Crippen molar-refractivity contribution in [2.45, 2.75) is 18.4 Å². The number of ether oxygens (including phenoxy) is 1. The zero-order valence-corrected chi connectivity index (χ0v) is 16.5. The number of benzene rings is 2. The van der Waals surface area contributed by atoms with E-state index in [1.165, 1.54) is 0 Å². The minimum Gasteiger partial charge on any atom is -0.489 e. The number of para-hydroxylation sites is 1. The van der Waals surface area contributed by atoms with Crippen molar-refractivity contribution in [2.24, 2.45) is 0 Å². The van der Waals surface area contributed by atoms with Crippen LogP contribution in [-0.2, 0) is 17.8 Å². The van der Waals surface area contributed by atoms with Gasteiger partial charge in [-0.1, -0.05) is 54.6 Å². The lowest BCUT2D eigenvalue weighted by Crippen LogP contribution is -2.31. The van der Waals surface area contributed by atoms with Crippen molar-refractivity contribution in [1.29, 1.82) is 0 Å². The summed E-state index contributed by atoms with van der Waals surface area (Å²) in [5.74, 6) is 1.99. The van der Waals surface area contributed by atoms with Crippen molar-refractivity contribution >= 4 is 29.0 Å². The van der Waals surface area contributed by atoms with Crippen LogP contribution in [0.15, 0.2) is 72.1 Å². The molecule has 1 amide bonds. The van der Waals surface area contributed by atoms with Gasteiger partial charge in [0.15, 0.2) is 0 Å². The van der Waals surface area contributed by atoms with Crippen LogP contribution in [0, 0.1) is 0 Å². The molecule has 1 saturated heterocycles. The summed E-state index contributed by atoms with van der Waals surface area (Å²) < 4.78 is 6.12. The topological polar surface area (TPSA) is 29.5 Å². The normalized spacial score (nSPS) is 16.4. The molecule has 0 unspecified atom stereocenters. The van der Waals surface area contributed by atoms with E-state index in [9.17, 15) is 4.79 Å². The van der Waals surface area contributed by atoms with E-state index in [0.717, 1.165) is 34.1 Å². The van der Waals surface area contributed by atoms with Crippen LogP contribution in [0.1, 0.15) is 21.4 Å². The standard InChI is InChI=1S/C22H21NO2S2/c24-21(15-18-9-6-13-26-18)23-12-14-27-22(23)19-10-4-5-11-20(19)25-16-17-7-2-1-3-8-17/h1-11,13,22H,12,14-16H2/t22-/m0/s1. The van der Waals surface area contributed by atoms with Crippen molar-refractivity contribution in [3.8, 4) is 5.75 Å². The molecule has 0 N–H and O–H groups in total. The lowest BCUT2D eigenvalue weighted by atomic mass is 10.1. The van der Waals surface area contributed by atoms with Crippen LogP contribution >= 0.6 is 23.1 Å². The van der Waals surface area contributed by atoms with E-state index in [2.05, 4.69) is 18.2 Å². The number of hydrogen-bond acceptors (Lipinski definition) is 4. The van der Waals surface area contributed by atoms with Gasteiger partial charge in [-0.25, -0.2) is 0 Å². The van der Waals surface area contributed by atoms with E-state index < -0.39 is 0 Å². The molecule has 1 aromatic heterocycles. The average molecular weight is 396 g/mol. The first kappa shape index (κ1) is 18.1. The Balaban J connectivity index is 1.50. The van der Waals surface area contributed by atoms with Crippen LogP contribution in [0.3, 0.4) is 0 Å². The van der Waals surface area contributed by atoms with Gasteiger partial charge < -0.3 is 9.64 Å². The smallest absolute Gasteiger partial charge is 0.229 e. The highest BCUT2D eigenvalue weighted by atomic mass is 32.2. The third-order valence-electron chi connectivity index (χ3n) is 4.54. The average Bonchev–Trinajstić information content (AvgIpc) is 3.39. The highest BCUT2D eigenvalue weighted by Crippen LogP contribution is 2.42. The molecule has 138 valence electrons. The van der Waals surface area contributed by atoms with Gasteiger partial charge in [-0.2, -0.15) is 0 Å². The number of nitrogens with zero attached hydrogens (tertiary/aromatic N) is 1. The van der Waals surface area contributed by atoms with E-state index in [1.54, 1.807) is 11.3 Å². The SMILES string of the molecule is O=C(Cc1cccs1)N1CCS[C@H]1c1ccccc1OCc1ccccc1. The summed E-state index contributed by atoms with van der Waals surface area (Å²) in [7, 11) is 0. The molecule has 2 aromatic carbocycles. The molecule has 3 aromatic rings. The number of thioether (sulfide) groups is 1. The second-order valence-corrected chi connectivity index (χ2v) is 8.60. The summed E-state index contributed by atoms with van der Waals surface area (Å²) in [6, 6.07) is 22.3. The number of amides is 1. The van der Waals surface area contributed by atoms with E-state index in [0.29, 0.717) is 13.0 Å². The van der Waals surface area contributed by atoms with Crippen molar-refractivity contribution in [3.05, 3.63) is 88.1 Å². The molecule has 0 spiro atoms. The highest BCUT2D eigenvalue weighted by molar-refractivity contribution is 7.99. The predicted molar refractivity (Wildman–Crippen MR) is 112 cm³/mol. The Morgan fingerprint density at radius 1 is 1.04 bits per heavy atom. The number of thiophene rings is 1. The molecule has 0 saturated carbocycles. The van der Waals surface area contributed by atoms with Crippen LogP contribution in [0.4, 0.5) is 0 Å². The Kier molecular flexibility index (Phi) is 5.80. The van der Waals surface area contributed by atoms with Gasteiger partial charge in [0.25, 0.3) is 0 Å². The maximum Gasteiger partial charge on any atom is 0.229 e.